The fourth-order valence-corrected chi connectivity index (χ4v) is 5.32. The van der Waals surface area contributed by atoms with Crippen molar-refractivity contribution in [1.29, 1.82) is 0 Å². The molecular formula is C22H27N5O3S. The SMILES string of the molecule is Cc1ccc(NC(=O)CCCn2nnc3cc(S(=O)(=O)N4CCCC4)ccc32)cc1C. The number of fused-ring (bicyclic) bond motifs is 1. The van der Waals surface area contributed by atoms with E-state index in [4.69, 9.17) is 0 Å². The Morgan fingerprint density at radius 3 is 2.58 bits per heavy atom. The van der Waals surface area contributed by atoms with Gasteiger partial charge < -0.3 is 5.32 Å². The minimum absolute atomic E-state index is 0.0494. The van der Waals surface area contributed by atoms with Crippen LogP contribution in [0.3, 0.4) is 0 Å². The fraction of sp³-hybridized carbons (Fsp3) is 0.409. The molecule has 1 aliphatic rings. The molecule has 164 valence electrons. The standard InChI is InChI=1S/C22H27N5O3S/c1-16-7-8-18(14-17(16)2)23-22(28)6-5-13-27-21-10-9-19(15-20(21)24-25-27)31(29,30)26-11-3-4-12-26/h7-10,14-15H,3-6,11-13H2,1-2H3,(H,23,28). The van der Waals surface area contributed by atoms with E-state index in [1.165, 1.54) is 9.87 Å². The Morgan fingerprint density at radius 1 is 1.06 bits per heavy atom. The number of rotatable bonds is 7. The number of hydrogen-bond acceptors (Lipinski definition) is 5. The van der Waals surface area contributed by atoms with Gasteiger partial charge in [0, 0.05) is 31.7 Å². The van der Waals surface area contributed by atoms with Crippen molar-refractivity contribution in [1.82, 2.24) is 19.3 Å². The van der Waals surface area contributed by atoms with Crippen LogP contribution in [0.2, 0.25) is 0 Å². The van der Waals surface area contributed by atoms with Crippen molar-refractivity contribution >= 4 is 32.7 Å². The summed E-state index contributed by atoms with van der Waals surface area (Å²) in [5.41, 5.74) is 4.42. The summed E-state index contributed by atoms with van der Waals surface area (Å²) < 4.78 is 28.7. The molecule has 4 rings (SSSR count). The Hall–Kier alpha value is -2.78. The normalized spacial score (nSPS) is 14.9. The Morgan fingerprint density at radius 2 is 1.84 bits per heavy atom. The van der Waals surface area contributed by atoms with Gasteiger partial charge in [-0.05, 0) is 74.6 Å². The van der Waals surface area contributed by atoms with Crippen molar-refractivity contribution in [3.05, 3.63) is 47.5 Å². The van der Waals surface area contributed by atoms with E-state index in [9.17, 15) is 13.2 Å². The molecular weight excluding hydrogens is 414 g/mol. The second-order valence-electron chi connectivity index (χ2n) is 8.03. The monoisotopic (exact) mass is 441 g/mol. The average molecular weight is 442 g/mol. The predicted octanol–water partition coefficient (Wildman–Crippen LogP) is 3.25. The van der Waals surface area contributed by atoms with Crippen LogP contribution in [0.4, 0.5) is 5.69 Å². The summed E-state index contributed by atoms with van der Waals surface area (Å²) in [5, 5.41) is 11.2. The van der Waals surface area contributed by atoms with Gasteiger partial charge in [0.2, 0.25) is 15.9 Å². The first-order valence-corrected chi connectivity index (χ1v) is 12.0. The molecule has 0 aliphatic carbocycles. The van der Waals surface area contributed by atoms with E-state index < -0.39 is 10.0 Å². The van der Waals surface area contributed by atoms with Gasteiger partial charge in [-0.2, -0.15) is 4.31 Å². The first-order valence-electron chi connectivity index (χ1n) is 10.5. The van der Waals surface area contributed by atoms with E-state index in [1.54, 1.807) is 22.9 Å². The van der Waals surface area contributed by atoms with Crippen LogP contribution in [0.1, 0.15) is 36.8 Å². The molecule has 3 aromatic rings. The Labute approximate surface area is 182 Å². The lowest BCUT2D eigenvalue weighted by molar-refractivity contribution is -0.116. The van der Waals surface area contributed by atoms with Crippen LogP contribution in [0.15, 0.2) is 41.3 Å². The molecule has 0 radical (unpaired) electrons. The number of benzene rings is 2. The molecule has 1 fully saturated rings. The highest BCUT2D eigenvalue weighted by atomic mass is 32.2. The maximum atomic E-state index is 12.7. The summed E-state index contributed by atoms with van der Waals surface area (Å²) in [6, 6.07) is 10.8. The molecule has 9 heteroatoms. The van der Waals surface area contributed by atoms with E-state index in [0.29, 0.717) is 38.0 Å². The largest absolute Gasteiger partial charge is 0.326 e. The van der Waals surface area contributed by atoms with Crippen LogP contribution < -0.4 is 5.32 Å². The highest BCUT2D eigenvalue weighted by Crippen LogP contribution is 2.24. The molecule has 0 spiro atoms. The van der Waals surface area contributed by atoms with Gasteiger partial charge in [-0.1, -0.05) is 11.3 Å². The number of carbonyl (C=O) groups excluding carboxylic acids is 1. The average Bonchev–Trinajstić information content (AvgIpc) is 3.41. The van der Waals surface area contributed by atoms with Gasteiger partial charge in [-0.25, -0.2) is 13.1 Å². The lowest BCUT2D eigenvalue weighted by atomic mass is 10.1. The Balaban J connectivity index is 1.38. The van der Waals surface area contributed by atoms with Crippen LogP contribution in [0, 0.1) is 13.8 Å². The zero-order valence-corrected chi connectivity index (χ0v) is 18.7. The molecule has 31 heavy (non-hydrogen) atoms. The summed E-state index contributed by atoms with van der Waals surface area (Å²) in [7, 11) is -3.48. The molecule has 0 bridgehead atoms. The second-order valence-corrected chi connectivity index (χ2v) is 9.96. The second kappa shape index (κ2) is 8.76. The molecule has 2 heterocycles. The van der Waals surface area contributed by atoms with Crippen LogP contribution in [0.25, 0.3) is 11.0 Å². The lowest BCUT2D eigenvalue weighted by Gasteiger charge is -2.15. The first-order chi connectivity index (χ1) is 14.8. The Kier molecular flexibility index (Phi) is 6.06. The van der Waals surface area contributed by atoms with E-state index >= 15 is 0 Å². The Bertz CT molecular complexity index is 1210. The number of anilines is 1. The van der Waals surface area contributed by atoms with Gasteiger partial charge in [0.05, 0.1) is 10.4 Å². The number of nitrogens with one attached hydrogen (secondary N) is 1. The molecule has 1 aliphatic heterocycles. The van der Waals surface area contributed by atoms with Crippen LogP contribution >= 0.6 is 0 Å². The highest BCUT2D eigenvalue weighted by molar-refractivity contribution is 7.89. The zero-order valence-electron chi connectivity index (χ0n) is 17.8. The number of aryl methyl sites for hydroxylation is 3. The molecule has 0 saturated carbocycles. The van der Waals surface area contributed by atoms with Gasteiger partial charge in [-0.3, -0.25) is 4.79 Å². The topological polar surface area (TPSA) is 97.2 Å². The number of sulfonamides is 1. The van der Waals surface area contributed by atoms with E-state index in [2.05, 4.69) is 15.6 Å². The molecule has 8 nitrogen and oxygen atoms in total. The smallest absolute Gasteiger partial charge is 0.243 e. The van der Waals surface area contributed by atoms with Crippen molar-refractivity contribution in [2.45, 2.75) is 51.0 Å². The summed E-state index contributed by atoms with van der Waals surface area (Å²) in [5.74, 6) is -0.0494. The van der Waals surface area contributed by atoms with E-state index in [-0.39, 0.29) is 10.8 Å². The number of carbonyl (C=O) groups is 1. The molecule has 1 amide bonds. The third-order valence-corrected chi connectivity index (χ3v) is 7.65. The third-order valence-electron chi connectivity index (χ3n) is 5.75. The number of nitrogens with zero attached hydrogens (tertiary/aromatic N) is 4. The zero-order chi connectivity index (χ0) is 22.0. The van der Waals surface area contributed by atoms with Crippen molar-refractivity contribution in [3.63, 3.8) is 0 Å². The molecule has 1 N–H and O–H groups in total. The van der Waals surface area contributed by atoms with Crippen LogP contribution in [0.5, 0.6) is 0 Å². The lowest BCUT2D eigenvalue weighted by Crippen LogP contribution is -2.27. The third kappa shape index (κ3) is 4.62. The van der Waals surface area contributed by atoms with Gasteiger partial charge in [0.25, 0.3) is 0 Å². The van der Waals surface area contributed by atoms with Crippen LogP contribution in [-0.4, -0.2) is 46.7 Å². The molecule has 2 aromatic carbocycles. The maximum absolute atomic E-state index is 12.7. The van der Waals surface area contributed by atoms with E-state index in [1.807, 2.05) is 32.0 Å². The molecule has 1 aromatic heterocycles. The quantitative estimate of drug-likeness (QED) is 0.607. The van der Waals surface area contributed by atoms with Gasteiger partial charge in [0.15, 0.2) is 0 Å². The first kappa shape index (κ1) is 21.5. The minimum atomic E-state index is -3.48. The summed E-state index contributed by atoms with van der Waals surface area (Å²) in [4.78, 5) is 12.5. The van der Waals surface area contributed by atoms with Crippen molar-refractivity contribution in [3.8, 4) is 0 Å². The fourth-order valence-electron chi connectivity index (χ4n) is 3.79. The van der Waals surface area contributed by atoms with Crippen molar-refractivity contribution < 1.29 is 13.2 Å². The summed E-state index contributed by atoms with van der Waals surface area (Å²) >= 11 is 0. The predicted molar refractivity (Wildman–Crippen MR) is 119 cm³/mol. The summed E-state index contributed by atoms with van der Waals surface area (Å²) in [6.07, 6.45) is 2.75. The van der Waals surface area contributed by atoms with E-state index in [0.717, 1.165) is 29.6 Å². The maximum Gasteiger partial charge on any atom is 0.243 e. The minimum Gasteiger partial charge on any atom is -0.326 e. The number of amides is 1. The number of aromatic nitrogens is 3. The summed E-state index contributed by atoms with van der Waals surface area (Å²) in [6.45, 7) is 5.71. The van der Waals surface area contributed by atoms with Crippen LogP contribution in [-0.2, 0) is 21.4 Å². The number of hydrogen-bond donors (Lipinski definition) is 1. The van der Waals surface area contributed by atoms with Crippen molar-refractivity contribution in [2.24, 2.45) is 0 Å². The highest BCUT2D eigenvalue weighted by Gasteiger charge is 2.27. The van der Waals surface area contributed by atoms with Gasteiger partial charge in [0.1, 0.15) is 5.52 Å². The van der Waals surface area contributed by atoms with Gasteiger partial charge >= 0.3 is 0 Å². The molecule has 0 unspecified atom stereocenters. The molecule has 0 atom stereocenters. The molecule has 1 saturated heterocycles. The van der Waals surface area contributed by atoms with Crippen molar-refractivity contribution in [2.75, 3.05) is 18.4 Å². The van der Waals surface area contributed by atoms with Gasteiger partial charge in [-0.15, -0.1) is 5.10 Å².